The summed E-state index contributed by atoms with van der Waals surface area (Å²) in [6, 6.07) is 7.45. The lowest BCUT2D eigenvalue weighted by atomic mass is 10.1. The van der Waals surface area contributed by atoms with E-state index in [1.165, 1.54) is 0 Å². The Hall–Kier alpha value is -1.66. The standard InChI is InChI=1S/C15H22N4OS/c1-3-16-15(21)17-13-6-4-12(5-7-13)14(20)19-10-8-18(2)9-11-19/h4-7H,3,8-11H2,1-2H3,(H2,16,17,21). The van der Waals surface area contributed by atoms with Crippen molar-refractivity contribution < 1.29 is 4.79 Å². The Labute approximate surface area is 131 Å². The first-order chi connectivity index (χ1) is 10.1. The van der Waals surface area contributed by atoms with Crippen molar-refractivity contribution in [3.05, 3.63) is 29.8 Å². The van der Waals surface area contributed by atoms with Gasteiger partial charge in [0.25, 0.3) is 5.91 Å². The summed E-state index contributed by atoms with van der Waals surface area (Å²) in [6.45, 7) is 6.22. The Balaban J connectivity index is 1.95. The number of rotatable bonds is 3. The predicted molar refractivity (Wildman–Crippen MR) is 89.7 cm³/mol. The minimum Gasteiger partial charge on any atom is -0.363 e. The summed E-state index contributed by atoms with van der Waals surface area (Å²) in [7, 11) is 2.08. The van der Waals surface area contributed by atoms with Gasteiger partial charge in [-0.25, -0.2) is 0 Å². The van der Waals surface area contributed by atoms with E-state index in [0.29, 0.717) is 5.11 Å². The second-order valence-corrected chi connectivity index (χ2v) is 5.57. The topological polar surface area (TPSA) is 47.6 Å². The van der Waals surface area contributed by atoms with Crippen LogP contribution in [0.4, 0.5) is 5.69 Å². The van der Waals surface area contributed by atoms with E-state index < -0.39 is 0 Å². The molecule has 0 saturated carbocycles. The summed E-state index contributed by atoms with van der Waals surface area (Å²) >= 11 is 5.13. The number of piperazine rings is 1. The minimum atomic E-state index is 0.101. The van der Waals surface area contributed by atoms with Gasteiger partial charge in [0, 0.05) is 44.0 Å². The third kappa shape index (κ3) is 4.41. The zero-order valence-corrected chi connectivity index (χ0v) is 13.4. The van der Waals surface area contributed by atoms with Gasteiger partial charge < -0.3 is 20.4 Å². The Morgan fingerprint density at radius 3 is 2.38 bits per heavy atom. The molecule has 21 heavy (non-hydrogen) atoms. The molecule has 2 N–H and O–H groups in total. The van der Waals surface area contributed by atoms with Crippen molar-refractivity contribution in [1.82, 2.24) is 15.1 Å². The van der Waals surface area contributed by atoms with Gasteiger partial charge in [-0.3, -0.25) is 4.79 Å². The van der Waals surface area contributed by atoms with Crippen molar-refractivity contribution >= 4 is 28.9 Å². The third-order valence-corrected chi connectivity index (χ3v) is 3.76. The number of carbonyl (C=O) groups excluding carboxylic acids is 1. The SMILES string of the molecule is CCNC(=S)Nc1ccc(C(=O)N2CCN(C)CC2)cc1. The first-order valence-electron chi connectivity index (χ1n) is 7.23. The second kappa shape index (κ2) is 7.38. The molecule has 1 aromatic carbocycles. The largest absolute Gasteiger partial charge is 0.363 e. The molecule has 1 aliphatic heterocycles. The predicted octanol–water partition coefficient (Wildman–Crippen LogP) is 1.38. The number of benzene rings is 1. The number of anilines is 1. The van der Waals surface area contributed by atoms with E-state index >= 15 is 0 Å². The molecule has 1 aromatic rings. The lowest BCUT2D eigenvalue weighted by molar-refractivity contribution is 0.0664. The number of nitrogens with one attached hydrogen (secondary N) is 2. The Morgan fingerprint density at radius 2 is 1.81 bits per heavy atom. The smallest absolute Gasteiger partial charge is 0.253 e. The van der Waals surface area contributed by atoms with E-state index in [1.54, 1.807) is 0 Å². The quantitative estimate of drug-likeness (QED) is 0.826. The van der Waals surface area contributed by atoms with Crippen LogP contribution in [0.3, 0.4) is 0 Å². The van der Waals surface area contributed by atoms with Crippen LogP contribution >= 0.6 is 12.2 Å². The lowest BCUT2D eigenvalue weighted by Crippen LogP contribution is -2.47. The average Bonchev–Trinajstić information content (AvgIpc) is 2.48. The van der Waals surface area contributed by atoms with Crippen LogP contribution in [0.25, 0.3) is 0 Å². The number of thiocarbonyl (C=S) groups is 1. The highest BCUT2D eigenvalue weighted by Crippen LogP contribution is 2.13. The van der Waals surface area contributed by atoms with Crippen LogP contribution in [0.2, 0.25) is 0 Å². The number of likely N-dealkylation sites (N-methyl/N-ethyl adjacent to an activating group) is 1. The molecular formula is C15H22N4OS. The van der Waals surface area contributed by atoms with Gasteiger partial charge in [-0.1, -0.05) is 0 Å². The minimum absolute atomic E-state index is 0.101. The Kier molecular flexibility index (Phi) is 5.52. The van der Waals surface area contributed by atoms with Gasteiger partial charge in [-0.2, -0.15) is 0 Å². The number of hydrogen-bond acceptors (Lipinski definition) is 3. The van der Waals surface area contributed by atoms with E-state index in [2.05, 4.69) is 22.6 Å². The highest BCUT2D eigenvalue weighted by atomic mass is 32.1. The number of nitrogens with zero attached hydrogens (tertiary/aromatic N) is 2. The summed E-state index contributed by atoms with van der Waals surface area (Å²) < 4.78 is 0. The first-order valence-corrected chi connectivity index (χ1v) is 7.63. The molecule has 1 heterocycles. The van der Waals surface area contributed by atoms with Crippen LogP contribution in [0.5, 0.6) is 0 Å². The maximum Gasteiger partial charge on any atom is 0.253 e. The van der Waals surface area contributed by atoms with Crippen LogP contribution in [-0.2, 0) is 0 Å². The van der Waals surface area contributed by atoms with Gasteiger partial charge in [0.2, 0.25) is 0 Å². The number of amides is 1. The van der Waals surface area contributed by atoms with Crippen molar-refractivity contribution in [2.45, 2.75) is 6.92 Å². The van der Waals surface area contributed by atoms with Crippen molar-refractivity contribution in [3.63, 3.8) is 0 Å². The molecule has 2 rings (SSSR count). The van der Waals surface area contributed by atoms with Crippen molar-refractivity contribution in [1.29, 1.82) is 0 Å². The molecule has 114 valence electrons. The van der Waals surface area contributed by atoms with Crippen molar-refractivity contribution in [3.8, 4) is 0 Å². The van der Waals surface area contributed by atoms with Gasteiger partial charge in [-0.05, 0) is 50.5 Å². The summed E-state index contributed by atoms with van der Waals surface area (Å²) in [5.74, 6) is 0.101. The molecule has 1 saturated heterocycles. The maximum absolute atomic E-state index is 12.4. The molecule has 6 heteroatoms. The summed E-state index contributed by atoms with van der Waals surface area (Å²) in [5, 5.41) is 6.70. The first kappa shape index (κ1) is 15.7. The van der Waals surface area contributed by atoms with E-state index in [0.717, 1.165) is 44.0 Å². The van der Waals surface area contributed by atoms with Crippen LogP contribution in [0, 0.1) is 0 Å². The summed E-state index contributed by atoms with van der Waals surface area (Å²) in [4.78, 5) is 16.5. The second-order valence-electron chi connectivity index (χ2n) is 5.16. The molecule has 0 aliphatic carbocycles. The number of carbonyl (C=O) groups is 1. The van der Waals surface area contributed by atoms with E-state index in [1.807, 2.05) is 36.1 Å². The van der Waals surface area contributed by atoms with Crippen molar-refractivity contribution in [2.24, 2.45) is 0 Å². The molecule has 0 unspecified atom stereocenters. The van der Waals surface area contributed by atoms with Crippen LogP contribution in [0.1, 0.15) is 17.3 Å². The Bertz CT molecular complexity index is 495. The Morgan fingerprint density at radius 1 is 1.19 bits per heavy atom. The fourth-order valence-corrected chi connectivity index (χ4v) is 2.49. The van der Waals surface area contributed by atoms with Crippen molar-refractivity contribution in [2.75, 3.05) is 45.1 Å². The van der Waals surface area contributed by atoms with Gasteiger partial charge in [-0.15, -0.1) is 0 Å². The zero-order valence-electron chi connectivity index (χ0n) is 12.6. The number of hydrogen-bond donors (Lipinski definition) is 2. The molecule has 0 radical (unpaired) electrons. The van der Waals surface area contributed by atoms with Crippen LogP contribution in [-0.4, -0.2) is 60.6 Å². The zero-order chi connectivity index (χ0) is 15.2. The highest BCUT2D eigenvalue weighted by Gasteiger charge is 2.20. The summed E-state index contributed by atoms with van der Waals surface area (Å²) in [5.41, 5.74) is 1.61. The third-order valence-electron chi connectivity index (χ3n) is 3.52. The monoisotopic (exact) mass is 306 g/mol. The van der Waals surface area contributed by atoms with E-state index in [-0.39, 0.29) is 5.91 Å². The molecule has 1 amide bonds. The van der Waals surface area contributed by atoms with Gasteiger partial charge in [0.05, 0.1) is 0 Å². The van der Waals surface area contributed by atoms with E-state index in [4.69, 9.17) is 12.2 Å². The van der Waals surface area contributed by atoms with Crippen LogP contribution in [0.15, 0.2) is 24.3 Å². The molecule has 1 aliphatic rings. The molecule has 0 aromatic heterocycles. The normalized spacial score (nSPS) is 15.6. The molecule has 0 atom stereocenters. The molecule has 5 nitrogen and oxygen atoms in total. The molecule has 0 bridgehead atoms. The maximum atomic E-state index is 12.4. The fourth-order valence-electron chi connectivity index (χ4n) is 2.22. The fraction of sp³-hybridized carbons (Fsp3) is 0.467. The van der Waals surface area contributed by atoms with Gasteiger partial charge in [0.15, 0.2) is 5.11 Å². The van der Waals surface area contributed by atoms with E-state index in [9.17, 15) is 4.79 Å². The summed E-state index contributed by atoms with van der Waals surface area (Å²) in [6.07, 6.45) is 0. The molecule has 1 fully saturated rings. The van der Waals surface area contributed by atoms with Crippen LogP contribution < -0.4 is 10.6 Å². The highest BCUT2D eigenvalue weighted by molar-refractivity contribution is 7.80. The van der Waals surface area contributed by atoms with Gasteiger partial charge >= 0.3 is 0 Å². The lowest BCUT2D eigenvalue weighted by Gasteiger charge is -2.32. The molecular weight excluding hydrogens is 284 g/mol. The average molecular weight is 306 g/mol. The molecule has 0 spiro atoms. The van der Waals surface area contributed by atoms with Gasteiger partial charge in [0.1, 0.15) is 0 Å².